The van der Waals surface area contributed by atoms with Gasteiger partial charge in [0.25, 0.3) is 5.91 Å². The number of carbonyl (C=O) groups is 1. The number of benzene rings is 1. The van der Waals surface area contributed by atoms with Crippen molar-refractivity contribution >= 4 is 15.9 Å². The summed E-state index contributed by atoms with van der Waals surface area (Å²) < 4.78 is 24.4. The van der Waals surface area contributed by atoms with Crippen LogP contribution in [-0.4, -0.2) is 56.0 Å². The summed E-state index contributed by atoms with van der Waals surface area (Å²) in [5, 5.41) is 12.1. The molecule has 7 nitrogen and oxygen atoms in total. The lowest BCUT2D eigenvalue weighted by Gasteiger charge is -2.32. The van der Waals surface area contributed by atoms with Gasteiger partial charge < -0.3 is 10.2 Å². The number of nitrogens with one attached hydrogen (secondary N) is 1. The van der Waals surface area contributed by atoms with E-state index in [1.54, 1.807) is 4.90 Å². The predicted molar refractivity (Wildman–Crippen MR) is 94.7 cm³/mol. The van der Waals surface area contributed by atoms with Crippen molar-refractivity contribution in [2.45, 2.75) is 13.0 Å². The number of hydrogen-bond acceptors (Lipinski definition) is 5. The summed E-state index contributed by atoms with van der Waals surface area (Å²) in [6.45, 7) is 3.43. The second kappa shape index (κ2) is 8.14. The number of sulfonamides is 1. The first-order valence-electron chi connectivity index (χ1n) is 7.98. The summed E-state index contributed by atoms with van der Waals surface area (Å²) in [6.07, 6.45) is 2.68. The minimum Gasteiger partial charge on any atom is -0.373 e. The van der Waals surface area contributed by atoms with Gasteiger partial charge in [0.2, 0.25) is 10.0 Å². The highest BCUT2D eigenvalue weighted by molar-refractivity contribution is 7.88. The maximum Gasteiger partial charge on any atom is 0.263 e. The molecule has 25 heavy (non-hydrogen) atoms. The maximum atomic E-state index is 12.3. The zero-order valence-electron chi connectivity index (χ0n) is 14.3. The van der Waals surface area contributed by atoms with E-state index >= 15 is 0 Å². The zero-order valence-corrected chi connectivity index (χ0v) is 15.2. The third-order valence-corrected chi connectivity index (χ3v) is 5.37. The molecule has 2 rings (SSSR count). The molecule has 8 heteroatoms. The number of nitriles is 1. The average molecular weight is 362 g/mol. The Hall–Kier alpha value is -2.37. The molecular weight excluding hydrogens is 340 g/mol. The van der Waals surface area contributed by atoms with Gasteiger partial charge in [-0.2, -0.15) is 9.57 Å². The van der Waals surface area contributed by atoms with Crippen LogP contribution in [0.5, 0.6) is 0 Å². The lowest BCUT2D eigenvalue weighted by atomic mass is 10.1. The Morgan fingerprint density at radius 1 is 1.24 bits per heavy atom. The summed E-state index contributed by atoms with van der Waals surface area (Å²) in [7, 11) is -3.20. The Bertz CT molecular complexity index is 776. The Labute approximate surface area is 148 Å². The van der Waals surface area contributed by atoms with Gasteiger partial charge in [0, 0.05) is 32.4 Å². The Kier molecular flexibility index (Phi) is 6.17. The SMILES string of the molecule is CC(NC(=O)/C(C#N)=C\N1CCN(S(C)(=O)=O)CC1)c1ccccc1. The Balaban J connectivity index is 1.98. The van der Waals surface area contributed by atoms with Crippen molar-refractivity contribution in [2.24, 2.45) is 0 Å². The average Bonchev–Trinajstić information content (AvgIpc) is 2.60. The summed E-state index contributed by atoms with van der Waals surface area (Å²) in [5.41, 5.74) is 0.963. The van der Waals surface area contributed by atoms with E-state index in [1.807, 2.05) is 43.3 Å². The van der Waals surface area contributed by atoms with Crippen molar-refractivity contribution in [1.29, 1.82) is 5.26 Å². The molecule has 1 aromatic carbocycles. The van der Waals surface area contributed by atoms with Crippen LogP contribution in [0.15, 0.2) is 42.1 Å². The molecule has 0 aromatic heterocycles. The smallest absolute Gasteiger partial charge is 0.263 e. The molecule has 0 spiro atoms. The first-order valence-corrected chi connectivity index (χ1v) is 9.83. The molecule has 1 aliphatic rings. The van der Waals surface area contributed by atoms with E-state index in [9.17, 15) is 18.5 Å². The van der Waals surface area contributed by atoms with Crippen LogP contribution in [0.3, 0.4) is 0 Å². The summed E-state index contributed by atoms with van der Waals surface area (Å²) in [4.78, 5) is 14.1. The Morgan fingerprint density at radius 3 is 2.36 bits per heavy atom. The van der Waals surface area contributed by atoms with Gasteiger partial charge in [0.05, 0.1) is 12.3 Å². The molecule has 1 aromatic rings. The molecule has 1 atom stereocenters. The second-order valence-corrected chi connectivity index (χ2v) is 7.94. The van der Waals surface area contributed by atoms with Gasteiger partial charge in [0.15, 0.2) is 0 Å². The molecule has 0 aliphatic carbocycles. The molecule has 134 valence electrons. The third kappa shape index (κ3) is 5.31. The molecule has 1 unspecified atom stereocenters. The van der Waals surface area contributed by atoms with E-state index in [4.69, 9.17) is 0 Å². The van der Waals surface area contributed by atoms with Crippen molar-refractivity contribution in [3.63, 3.8) is 0 Å². The largest absolute Gasteiger partial charge is 0.373 e. The molecule has 1 saturated heterocycles. The minimum atomic E-state index is -3.20. The van der Waals surface area contributed by atoms with Crippen LogP contribution in [0.2, 0.25) is 0 Å². The second-order valence-electron chi connectivity index (χ2n) is 5.96. The molecule has 0 bridgehead atoms. The van der Waals surface area contributed by atoms with Gasteiger partial charge in [-0.1, -0.05) is 30.3 Å². The fraction of sp³-hybridized carbons (Fsp3) is 0.412. The van der Waals surface area contributed by atoms with Crippen molar-refractivity contribution in [2.75, 3.05) is 32.4 Å². The van der Waals surface area contributed by atoms with E-state index in [0.717, 1.165) is 5.56 Å². The van der Waals surface area contributed by atoms with Crippen LogP contribution in [-0.2, 0) is 14.8 Å². The van der Waals surface area contributed by atoms with Crippen LogP contribution in [0, 0.1) is 11.3 Å². The maximum absolute atomic E-state index is 12.3. The lowest BCUT2D eigenvalue weighted by molar-refractivity contribution is -0.117. The fourth-order valence-electron chi connectivity index (χ4n) is 2.58. The van der Waals surface area contributed by atoms with Crippen molar-refractivity contribution in [3.8, 4) is 6.07 Å². The molecule has 0 radical (unpaired) electrons. The molecule has 1 N–H and O–H groups in total. The third-order valence-electron chi connectivity index (χ3n) is 4.07. The fourth-order valence-corrected chi connectivity index (χ4v) is 3.41. The Morgan fingerprint density at radius 2 is 1.84 bits per heavy atom. The summed E-state index contributed by atoms with van der Waals surface area (Å²) >= 11 is 0. The van der Waals surface area contributed by atoms with Crippen LogP contribution in [0.4, 0.5) is 0 Å². The number of rotatable bonds is 5. The monoisotopic (exact) mass is 362 g/mol. The summed E-state index contributed by atoms with van der Waals surface area (Å²) in [5.74, 6) is -0.440. The summed E-state index contributed by atoms with van der Waals surface area (Å²) in [6, 6.07) is 11.2. The van der Waals surface area contributed by atoms with Gasteiger partial charge in [-0.3, -0.25) is 4.79 Å². The van der Waals surface area contributed by atoms with Gasteiger partial charge in [-0.15, -0.1) is 0 Å². The molecule has 1 amide bonds. The molecular formula is C17H22N4O3S. The van der Waals surface area contributed by atoms with Gasteiger partial charge in [-0.05, 0) is 12.5 Å². The number of carbonyl (C=O) groups excluding carboxylic acids is 1. The molecule has 1 fully saturated rings. The molecule has 1 aliphatic heterocycles. The van der Waals surface area contributed by atoms with E-state index in [1.165, 1.54) is 16.8 Å². The number of piperazine rings is 1. The van der Waals surface area contributed by atoms with Gasteiger partial charge >= 0.3 is 0 Å². The van der Waals surface area contributed by atoms with E-state index in [0.29, 0.717) is 26.2 Å². The van der Waals surface area contributed by atoms with Crippen LogP contribution >= 0.6 is 0 Å². The van der Waals surface area contributed by atoms with Crippen LogP contribution in [0.25, 0.3) is 0 Å². The number of amides is 1. The van der Waals surface area contributed by atoms with Crippen molar-refractivity contribution in [1.82, 2.24) is 14.5 Å². The van der Waals surface area contributed by atoms with Crippen molar-refractivity contribution < 1.29 is 13.2 Å². The van der Waals surface area contributed by atoms with E-state index in [-0.39, 0.29) is 11.6 Å². The minimum absolute atomic E-state index is 0.00980. The van der Waals surface area contributed by atoms with E-state index < -0.39 is 15.9 Å². The highest BCUT2D eigenvalue weighted by atomic mass is 32.2. The van der Waals surface area contributed by atoms with Crippen LogP contribution < -0.4 is 5.32 Å². The molecule has 0 saturated carbocycles. The first-order chi connectivity index (χ1) is 11.8. The van der Waals surface area contributed by atoms with E-state index in [2.05, 4.69) is 5.32 Å². The lowest BCUT2D eigenvalue weighted by Crippen LogP contribution is -2.46. The number of nitrogens with zero attached hydrogens (tertiary/aromatic N) is 3. The van der Waals surface area contributed by atoms with Gasteiger partial charge in [0.1, 0.15) is 11.6 Å². The standard InChI is InChI=1S/C17H22N4O3S/c1-14(15-6-4-3-5-7-15)19-17(22)16(12-18)13-20-8-10-21(11-9-20)25(2,23)24/h3-7,13-14H,8-11H2,1-2H3,(H,19,22)/b16-13-. The van der Waals surface area contributed by atoms with Gasteiger partial charge in [-0.25, -0.2) is 8.42 Å². The highest BCUT2D eigenvalue weighted by Crippen LogP contribution is 2.13. The van der Waals surface area contributed by atoms with Crippen LogP contribution in [0.1, 0.15) is 18.5 Å². The highest BCUT2D eigenvalue weighted by Gasteiger charge is 2.23. The topological polar surface area (TPSA) is 93.5 Å². The first kappa shape index (κ1) is 19.0. The molecule has 1 heterocycles. The predicted octanol–water partition coefficient (Wildman–Crippen LogP) is 0.848. The van der Waals surface area contributed by atoms with Crippen molar-refractivity contribution in [3.05, 3.63) is 47.7 Å². The normalized spacial score (nSPS) is 17.6. The number of hydrogen-bond donors (Lipinski definition) is 1. The zero-order chi connectivity index (χ0) is 18.4. The quantitative estimate of drug-likeness (QED) is 0.619.